The number of anilines is 1. The lowest BCUT2D eigenvalue weighted by Gasteiger charge is -2.32. The third-order valence-corrected chi connectivity index (χ3v) is 5.05. The highest BCUT2D eigenvalue weighted by Gasteiger charge is 2.17. The molecule has 0 amide bonds. The second-order valence-corrected chi connectivity index (χ2v) is 7.93. The molecule has 0 radical (unpaired) electrons. The van der Waals surface area contributed by atoms with Crippen LogP contribution in [0, 0.1) is 0 Å². The summed E-state index contributed by atoms with van der Waals surface area (Å²) in [5, 5.41) is 6.77. The van der Waals surface area contributed by atoms with E-state index < -0.39 is 0 Å². The summed E-state index contributed by atoms with van der Waals surface area (Å²) in [6.07, 6.45) is 2.20. The van der Waals surface area contributed by atoms with Gasteiger partial charge in [-0.05, 0) is 46.2 Å². The van der Waals surface area contributed by atoms with Crippen LogP contribution in [0.25, 0.3) is 0 Å². The molecule has 1 saturated heterocycles. The molecule has 29 heavy (non-hydrogen) atoms. The van der Waals surface area contributed by atoms with Gasteiger partial charge in [0.25, 0.3) is 0 Å². The number of nitrogens with one attached hydrogen (secondary N) is 2. The molecule has 166 valence electrons. The first-order valence-electron chi connectivity index (χ1n) is 10.4. The first kappa shape index (κ1) is 25.9. The van der Waals surface area contributed by atoms with Gasteiger partial charge in [-0.3, -0.25) is 9.89 Å². The van der Waals surface area contributed by atoms with Crippen molar-refractivity contribution in [3.8, 4) is 0 Å². The third-order valence-electron chi connectivity index (χ3n) is 5.05. The number of halogens is 1. The van der Waals surface area contributed by atoms with Crippen molar-refractivity contribution in [3.63, 3.8) is 0 Å². The van der Waals surface area contributed by atoms with Crippen molar-refractivity contribution in [2.24, 2.45) is 4.99 Å². The second kappa shape index (κ2) is 13.2. The summed E-state index contributed by atoms with van der Waals surface area (Å²) in [5.41, 5.74) is 1.14. The van der Waals surface area contributed by atoms with Crippen LogP contribution in [0.2, 0.25) is 0 Å². The summed E-state index contributed by atoms with van der Waals surface area (Å²) in [7, 11) is 1.80. The molecule has 1 aliphatic rings. The molecule has 1 fully saturated rings. The normalized spacial score (nSPS) is 17.6. The Morgan fingerprint density at radius 1 is 1.28 bits per heavy atom. The molecule has 1 aromatic rings. The Kier molecular flexibility index (Phi) is 11.8. The van der Waals surface area contributed by atoms with E-state index in [1.54, 1.807) is 7.05 Å². The quantitative estimate of drug-likeness (QED) is 0.314. The minimum absolute atomic E-state index is 0. The maximum atomic E-state index is 5.60. The minimum Gasteiger partial charge on any atom is -0.375 e. The number of pyridine rings is 1. The van der Waals surface area contributed by atoms with Crippen LogP contribution in [-0.4, -0.2) is 73.9 Å². The van der Waals surface area contributed by atoms with Gasteiger partial charge in [0.2, 0.25) is 0 Å². The Morgan fingerprint density at radius 3 is 2.55 bits per heavy atom. The molecule has 2 N–H and O–H groups in total. The molecule has 0 saturated carbocycles. The number of guanidine groups is 1. The standard InChI is InChI=1S/C21H38N6O.HI/c1-16(2)27(17(3)4)10-9-23-21(22-6)25-14-19-7-8-20(24-13-19)26-11-12-28-18(5)15-26;/h7-8,13,16-18H,9-12,14-15H2,1-6H3,(H2,22,23,25);1H. The van der Waals surface area contributed by atoms with Crippen LogP contribution in [0.3, 0.4) is 0 Å². The van der Waals surface area contributed by atoms with E-state index in [9.17, 15) is 0 Å². The second-order valence-electron chi connectivity index (χ2n) is 7.93. The van der Waals surface area contributed by atoms with Crippen molar-refractivity contribution in [2.45, 2.75) is 59.4 Å². The molecular formula is C21H39IN6O. The summed E-state index contributed by atoms with van der Waals surface area (Å²) < 4.78 is 5.60. The van der Waals surface area contributed by atoms with Gasteiger partial charge >= 0.3 is 0 Å². The molecule has 2 heterocycles. The Hall–Kier alpha value is -1.13. The number of aliphatic imine (C=N–C) groups is 1. The molecule has 2 rings (SSSR count). The molecule has 7 nitrogen and oxygen atoms in total. The van der Waals surface area contributed by atoms with Gasteiger partial charge in [-0.2, -0.15) is 0 Å². The zero-order valence-electron chi connectivity index (χ0n) is 18.8. The van der Waals surface area contributed by atoms with Crippen molar-refractivity contribution in [3.05, 3.63) is 23.9 Å². The highest BCUT2D eigenvalue weighted by molar-refractivity contribution is 14.0. The molecular weight excluding hydrogens is 479 g/mol. The van der Waals surface area contributed by atoms with Gasteiger partial charge in [0.15, 0.2) is 5.96 Å². The van der Waals surface area contributed by atoms with Crippen molar-refractivity contribution >= 4 is 35.8 Å². The van der Waals surface area contributed by atoms with Crippen LogP contribution >= 0.6 is 24.0 Å². The zero-order chi connectivity index (χ0) is 20.5. The van der Waals surface area contributed by atoms with Crippen molar-refractivity contribution in [2.75, 3.05) is 44.7 Å². The number of nitrogens with zero attached hydrogens (tertiary/aromatic N) is 4. The first-order chi connectivity index (χ1) is 13.4. The van der Waals surface area contributed by atoms with Gasteiger partial charge in [0, 0.05) is 58.1 Å². The van der Waals surface area contributed by atoms with Gasteiger partial charge in [-0.15, -0.1) is 24.0 Å². The van der Waals surface area contributed by atoms with Crippen LogP contribution in [0.1, 0.15) is 40.2 Å². The third kappa shape index (κ3) is 8.64. The van der Waals surface area contributed by atoms with Gasteiger partial charge in [0.1, 0.15) is 5.82 Å². The largest absolute Gasteiger partial charge is 0.375 e. The maximum Gasteiger partial charge on any atom is 0.191 e. The first-order valence-corrected chi connectivity index (χ1v) is 10.4. The Morgan fingerprint density at radius 2 is 2.00 bits per heavy atom. The van der Waals surface area contributed by atoms with Crippen LogP contribution in [-0.2, 0) is 11.3 Å². The zero-order valence-corrected chi connectivity index (χ0v) is 21.1. The van der Waals surface area contributed by atoms with E-state index in [0.29, 0.717) is 18.6 Å². The SMILES string of the molecule is CN=C(NCCN(C(C)C)C(C)C)NCc1ccc(N2CCOC(C)C2)nc1.I. The molecule has 1 aliphatic heterocycles. The van der Waals surface area contributed by atoms with E-state index >= 15 is 0 Å². The average molecular weight is 518 g/mol. The summed E-state index contributed by atoms with van der Waals surface area (Å²) in [6, 6.07) is 5.29. The van der Waals surface area contributed by atoms with Crippen LogP contribution in [0.5, 0.6) is 0 Å². The van der Waals surface area contributed by atoms with Gasteiger partial charge < -0.3 is 20.3 Å². The van der Waals surface area contributed by atoms with Crippen molar-refractivity contribution in [1.82, 2.24) is 20.5 Å². The number of hydrogen-bond acceptors (Lipinski definition) is 5. The fourth-order valence-electron chi connectivity index (χ4n) is 3.56. The highest BCUT2D eigenvalue weighted by Crippen LogP contribution is 2.15. The summed E-state index contributed by atoms with van der Waals surface area (Å²) in [4.78, 5) is 13.7. The molecule has 1 aromatic heterocycles. The molecule has 0 bridgehead atoms. The predicted molar refractivity (Wildman–Crippen MR) is 132 cm³/mol. The highest BCUT2D eigenvalue weighted by atomic mass is 127. The number of rotatable bonds is 8. The van der Waals surface area contributed by atoms with E-state index in [1.165, 1.54) is 0 Å². The van der Waals surface area contributed by atoms with Crippen LogP contribution in [0.4, 0.5) is 5.82 Å². The van der Waals surface area contributed by atoms with E-state index in [2.05, 4.69) is 77.2 Å². The average Bonchev–Trinajstić information content (AvgIpc) is 2.67. The fourth-order valence-corrected chi connectivity index (χ4v) is 3.56. The van der Waals surface area contributed by atoms with Crippen LogP contribution < -0.4 is 15.5 Å². The summed E-state index contributed by atoms with van der Waals surface area (Å²) >= 11 is 0. The summed E-state index contributed by atoms with van der Waals surface area (Å²) in [6.45, 7) is 16.2. The molecule has 1 unspecified atom stereocenters. The Labute approximate surface area is 193 Å². The molecule has 0 spiro atoms. The van der Waals surface area contributed by atoms with Crippen LogP contribution in [0.15, 0.2) is 23.3 Å². The molecule has 8 heteroatoms. The predicted octanol–water partition coefficient (Wildman–Crippen LogP) is 2.71. The molecule has 0 aliphatic carbocycles. The maximum absolute atomic E-state index is 5.60. The lowest BCUT2D eigenvalue weighted by atomic mass is 10.2. The minimum atomic E-state index is 0. The summed E-state index contributed by atoms with van der Waals surface area (Å²) in [5.74, 6) is 1.84. The van der Waals surface area contributed by atoms with E-state index in [4.69, 9.17) is 4.74 Å². The smallest absolute Gasteiger partial charge is 0.191 e. The number of hydrogen-bond donors (Lipinski definition) is 2. The number of ether oxygens (including phenoxy) is 1. The van der Waals surface area contributed by atoms with E-state index in [1.807, 2.05) is 6.20 Å². The van der Waals surface area contributed by atoms with Crippen molar-refractivity contribution < 1.29 is 4.74 Å². The van der Waals surface area contributed by atoms with E-state index in [0.717, 1.165) is 50.1 Å². The van der Waals surface area contributed by atoms with Crippen molar-refractivity contribution in [1.29, 1.82) is 0 Å². The van der Waals surface area contributed by atoms with Gasteiger partial charge in [0.05, 0.1) is 12.7 Å². The monoisotopic (exact) mass is 518 g/mol. The number of aromatic nitrogens is 1. The lowest BCUT2D eigenvalue weighted by molar-refractivity contribution is 0.0529. The van der Waals surface area contributed by atoms with E-state index in [-0.39, 0.29) is 30.1 Å². The lowest BCUT2D eigenvalue weighted by Crippen LogP contribution is -2.45. The topological polar surface area (TPSA) is 65.0 Å². The number of morpholine rings is 1. The Balaban J connectivity index is 0.00000420. The Bertz CT molecular complexity index is 600. The molecule has 1 atom stereocenters. The van der Waals surface area contributed by atoms with Gasteiger partial charge in [-0.1, -0.05) is 6.07 Å². The fraction of sp³-hybridized carbons (Fsp3) is 0.714. The molecule has 0 aromatic carbocycles. The van der Waals surface area contributed by atoms with Gasteiger partial charge in [-0.25, -0.2) is 4.98 Å².